The molecule has 25 heavy (non-hydrogen) atoms. The third-order valence-electron chi connectivity index (χ3n) is 3.44. The van der Waals surface area contributed by atoms with Crippen LogP contribution in [0.25, 0.3) is 0 Å². The molecule has 2 aromatic rings. The number of ether oxygens (including phenoxy) is 1. The summed E-state index contributed by atoms with van der Waals surface area (Å²) in [6.07, 6.45) is 1.63. The molecule has 0 heterocycles. The van der Waals surface area contributed by atoms with Crippen LogP contribution in [-0.4, -0.2) is 35.0 Å². The van der Waals surface area contributed by atoms with E-state index in [0.717, 1.165) is 5.56 Å². The summed E-state index contributed by atoms with van der Waals surface area (Å²) >= 11 is 0. The third-order valence-corrected chi connectivity index (χ3v) is 3.44. The number of nitrogens with two attached hydrogens (primary N) is 1. The lowest BCUT2D eigenvalue weighted by molar-refractivity contribution is -0.122. The first-order chi connectivity index (χ1) is 12.0. The molecule has 2 rings (SSSR count). The summed E-state index contributed by atoms with van der Waals surface area (Å²) in [6.45, 7) is 2.24. The molecule has 5 N–H and O–H groups in total. The number of amides is 1. The third kappa shape index (κ3) is 5.22. The minimum Gasteiger partial charge on any atom is -0.508 e. The van der Waals surface area contributed by atoms with Crippen LogP contribution in [0.5, 0.6) is 17.2 Å². The van der Waals surface area contributed by atoms with Gasteiger partial charge in [-0.1, -0.05) is 18.2 Å². The molecule has 7 heteroatoms. The molecular weight excluding hydrogens is 322 g/mol. The van der Waals surface area contributed by atoms with E-state index < -0.39 is 11.9 Å². The zero-order valence-electron chi connectivity index (χ0n) is 13.8. The maximum Gasteiger partial charge on any atom is 0.257 e. The largest absolute Gasteiger partial charge is 0.508 e. The number of hydrazone groups is 1. The number of phenolic OH excluding ortho intramolecular Hbond substituents is 2. The molecule has 0 saturated heterocycles. The Balaban J connectivity index is 1.93. The highest BCUT2D eigenvalue weighted by molar-refractivity contribution is 5.87. The van der Waals surface area contributed by atoms with E-state index in [2.05, 4.69) is 10.5 Å². The zero-order valence-corrected chi connectivity index (χ0v) is 13.8. The van der Waals surface area contributed by atoms with Crippen LogP contribution in [0.3, 0.4) is 0 Å². The SMILES string of the molecule is CCOc1cccc(/C=N/NC(=O)[C@H](N)Cc2ccc(O)cc2)c1O. The number of nitrogens with one attached hydrogen (secondary N) is 1. The molecule has 0 aromatic heterocycles. The van der Waals surface area contributed by atoms with E-state index in [1.807, 2.05) is 6.92 Å². The van der Waals surface area contributed by atoms with Gasteiger partial charge in [0.15, 0.2) is 11.5 Å². The quantitative estimate of drug-likeness (QED) is 0.449. The van der Waals surface area contributed by atoms with Gasteiger partial charge in [0.2, 0.25) is 0 Å². The van der Waals surface area contributed by atoms with Gasteiger partial charge in [-0.2, -0.15) is 5.10 Å². The Morgan fingerprint density at radius 3 is 2.68 bits per heavy atom. The van der Waals surface area contributed by atoms with Crippen molar-refractivity contribution in [1.82, 2.24) is 5.43 Å². The fourth-order valence-electron chi connectivity index (χ4n) is 2.14. The van der Waals surface area contributed by atoms with Crippen LogP contribution in [0.1, 0.15) is 18.1 Å². The van der Waals surface area contributed by atoms with E-state index in [-0.39, 0.29) is 11.5 Å². The second-order valence-corrected chi connectivity index (χ2v) is 5.34. The van der Waals surface area contributed by atoms with Crippen molar-refractivity contribution in [2.45, 2.75) is 19.4 Å². The summed E-state index contributed by atoms with van der Waals surface area (Å²) in [4.78, 5) is 12.0. The number of para-hydroxylation sites is 1. The molecule has 0 saturated carbocycles. The van der Waals surface area contributed by atoms with Gasteiger partial charge in [-0.15, -0.1) is 0 Å². The highest BCUT2D eigenvalue weighted by Crippen LogP contribution is 2.28. The summed E-state index contributed by atoms with van der Waals surface area (Å²) in [5.74, 6) is 0.00258. The van der Waals surface area contributed by atoms with E-state index >= 15 is 0 Å². The lowest BCUT2D eigenvalue weighted by Crippen LogP contribution is -2.39. The molecule has 0 spiro atoms. The van der Waals surface area contributed by atoms with Crippen molar-refractivity contribution in [3.8, 4) is 17.2 Å². The molecule has 0 aliphatic carbocycles. The van der Waals surface area contributed by atoms with E-state index in [1.54, 1.807) is 30.3 Å². The number of benzene rings is 2. The Morgan fingerprint density at radius 1 is 1.28 bits per heavy atom. The van der Waals surface area contributed by atoms with Gasteiger partial charge in [0.25, 0.3) is 5.91 Å². The molecule has 2 aromatic carbocycles. The maximum absolute atomic E-state index is 12.0. The molecule has 1 atom stereocenters. The van der Waals surface area contributed by atoms with Gasteiger partial charge in [-0.3, -0.25) is 4.79 Å². The molecule has 0 unspecified atom stereocenters. The molecule has 0 fully saturated rings. The highest BCUT2D eigenvalue weighted by Gasteiger charge is 2.13. The second kappa shape index (κ2) is 8.70. The van der Waals surface area contributed by atoms with Gasteiger partial charge in [0.05, 0.1) is 18.9 Å². The van der Waals surface area contributed by atoms with Crippen molar-refractivity contribution >= 4 is 12.1 Å². The summed E-state index contributed by atoms with van der Waals surface area (Å²) in [5, 5.41) is 23.1. The number of hydrogen-bond acceptors (Lipinski definition) is 6. The lowest BCUT2D eigenvalue weighted by atomic mass is 10.1. The van der Waals surface area contributed by atoms with E-state index in [1.165, 1.54) is 18.3 Å². The van der Waals surface area contributed by atoms with Gasteiger partial charge < -0.3 is 20.7 Å². The Kier molecular flexibility index (Phi) is 6.36. The average Bonchev–Trinajstić information content (AvgIpc) is 2.60. The molecule has 0 radical (unpaired) electrons. The van der Waals surface area contributed by atoms with Crippen LogP contribution in [0.2, 0.25) is 0 Å². The Labute approximate surface area is 145 Å². The monoisotopic (exact) mass is 343 g/mol. The Hall–Kier alpha value is -3.06. The average molecular weight is 343 g/mol. The standard InChI is InChI=1S/C18H21N3O4/c1-2-25-16-5-3-4-13(17(16)23)11-20-21-18(24)15(19)10-12-6-8-14(22)9-7-12/h3-9,11,15,22-23H,2,10,19H2,1H3,(H,21,24)/b20-11+/t15-/m1/s1. The van der Waals surface area contributed by atoms with E-state index in [4.69, 9.17) is 10.5 Å². The van der Waals surface area contributed by atoms with Crippen molar-refractivity contribution in [1.29, 1.82) is 0 Å². The van der Waals surface area contributed by atoms with Crippen molar-refractivity contribution in [2.75, 3.05) is 6.61 Å². The van der Waals surface area contributed by atoms with Crippen molar-refractivity contribution in [2.24, 2.45) is 10.8 Å². The highest BCUT2D eigenvalue weighted by atomic mass is 16.5. The smallest absolute Gasteiger partial charge is 0.257 e. The molecule has 0 bridgehead atoms. The molecule has 0 aliphatic rings. The fourth-order valence-corrected chi connectivity index (χ4v) is 2.14. The molecule has 0 aliphatic heterocycles. The summed E-state index contributed by atoms with van der Waals surface area (Å²) in [5.41, 5.74) is 9.43. The van der Waals surface area contributed by atoms with Crippen LogP contribution in [0.15, 0.2) is 47.6 Å². The van der Waals surface area contributed by atoms with Gasteiger partial charge in [-0.05, 0) is 43.2 Å². The van der Waals surface area contributed by atoms with Crippen molar-refractivity contribution < 1.29 is 19.7 Å². The fraction of sp³-hybridized carbons (Fsp3) is 0.222. The van der Waals surface area contributed by atoms with Gasteiger partial charge in [-0.25, -0.2) is 5.43 Å². The topological polar surface area (TPSA) is 117 Å². The lowest BCUT2D eigenvalue weighted by Gasteiger charge is -2.10. The maximum atomic E-state index is 12.0. The number of nitrogens with zero attached hydrogens (tertiary/aromatic N) is 1. The number of rotatable bonds is 7. The first-order valence-corrected chi connectivity index (χ1v) is 7.82. The number of aromatic hydroxyl groups is 2. The number of carbonyl (C=O) groups excluding carboxylic acids is 1. The summed E-state index contributed by atoms with van der Waals surface area (Å²) < 4.78 is 5.28. The Morgan fingerprint density at radius 2 is 2.00 bits per heavy atom. The normalized spacial score (nSPS) is 12.1. The second-order valence-electron chi connectivity index (χ2n) is 5.34. The summed E-state index contributed by atoms with van der Waals surface area (Å²) in [7, 11) is 0. The van der Waals surface area contributed by atoms with Crippen LogP contribution in [0.4, 0.5) is 0 Å². The number of carbonyl (C=O) groups is 1. The molecular formula is C18H21N3O4. The van der Waals surface area contributed by atoms with E-state index in [9.17, 15) is 15.0 Å². The van der Waals surface area contributed by atoms with E-state index in [0.29, 0.717) is 24.3 Å². The summed E-state index contributed by atoms with van der Waals surface area (Å²) in [6, 6.07) is 10.7. The minimum atomic E-state index is -0.787. The van der Waals surface area contributed by atoms with Crippen molar-refractivity contribution in [3.05, 3.63) is 53.6 Å². The molecule has 132 valence electrons. The number of phenols is 2. The van der Waals surface area contributed by atoms with Crippen molar-refractivity contribution in [3.63, 3.8) is 0 Å². The number of hydrogen-bond donors (Lipinski definition) is 4. The van der Waals surface area contributed by atoms with Gasteiger partial charge in [0, 0.05) is 5.56 Å². The molecule has 7 nitrogen and oxygen atoms in total. The molecule has 1 amide bonds. The zero-order chi connectivity index (χ0) is 18.2. The predicted molar refractivity (Wildman–Crippen MR) is 94.8 cm³/mol. The predicted octanol–water partition coefficient (Wildman–Crippen LogP) is 1.52. The first-order valence-electron chi connectivity index (χ1n) is 7.82. The minimum absolute atomic E-state index is 0.0456. The van der Waals surface area contributed by atoms with Gasteiger partial charge >= 0.3 is 0 Å². The van der Waals surface area contributed by atoms with Crippen LogP contribution in [0, 0.1) is 0 Å². The first kappa shape index (κ1) is 18.3. The van der Waals surface area contributed by atoms with Crippen LogP contribution >= 0.6 is 0 Å². The van der Waals surface area contributed by atoms with Crippen LogP contribution in [-0.2, 0) is 11.2 Å². The van der Waals surface area contributed by atoms with Gasteiger partial charge in [0.1, 0.15) is 5.75 Å². The Bertz CT molecular complexity index is 744. The van der Waals surface area contributed by atoms with Crippen LogP contribution < -0.4 is 15.9 Å².